The molecule has 54 heavy (non-hydrogen) atoms. The monoisotopic (exact) mass is 764 g/mol. The van der Waals surface area contributed by atoms with E-state index in [9.17, 15) is 12.3 Å². The number of nitrogens with zero attached hydrogens (tertiary/aromatic N) is 1. The van der Waals surface area contributed by atoms with Gasteiger partial charge in [-0.2, -0.15) is 0 Å². The minimum Gasteiger partial charge on any atom is -0.490 e. The second-order valence-corrected chi connectivity index (χ2v) is 18.7. The summed E-state index contributed by atoms with van der Waals surface area (Å²) >= 11 is 0. The van der Waals surface area contributed by atoms with E-state index < -0.39 is 22.3 Å². The molecule has 2 amide bonds. The molecule has 1 rings (SSSR count). The van der Waals surface area contributed by atoms with Crippen molar-refractivity contribution in [3.8, 4) is 11.5 Å². The van der Waals surface area contributed by atoms with Gasteiger partial charge in [-0.15, -0.1) is 0 Å². The summed E-state index contributed by atoms with van der Waals surface area (Å²) in [7, 11) is 7.56. The molecule has 0 aliphatic heterocycles. The molecule has 9 nitrogen and oxygen atoms in total. The van der Waals surface area contributed by atoms with Gasteiger partial charge in [0, 0.05) is 37.6 Å². The topological polar surface area (TPSA) is 112 Å². The number of primary amides is 1. The SMILES string of the molecule is [2H]c1c(C)c(OCC)c(OCC(C)(C)COC)c([2H])c1C[C@@](C)(C[C@@](C)([C@H](C[C@H](C(=O)NCC(C)(C)C(N)=O)C(CC)C(C)C)OC)N(C)C)C(CC)C(C)C. The maximum Gasteiger partial charge on any atom is 0.224 e. The molecule has 0 fully saturated rings. The summed E-state index contributed by atoms with van der Waals surface area (Å²) in [4.78, 5) is 28.6. The maximum atomic E-state index is 14.2. The predicted octanol–water partition coefficient (Wildman–Crippen LogP) is 8.72. The van der Waals surface area contributed by atoms with Crippen LogP contribution in [0.2, 0.25) is 0 Å². The number of hydrogen-bond donors (Lipinski definition) is 2. The Bertz CT molecular complexity index is 1420. The van der Waals surface area contributed by atoms with Crippen LogP contribution in [-0.4, -0.2) is 83.0 Å². The van der Waals surface area contributed by atoms with E-state index in [1.54, 1.807) is 28.1 Å². The van der Waals surface area contributed by atoms with E-state index in [-0.39, 0.29) is 53.7 Å². The highest BCUT2D eigenvalue weighted by Gasteiger charge is 2.48. The fraction of sp³-hybridized carbons (Fsp3) is 0.822. The summed E-state index contributed by atoms with van der Waals surface area (Å²) in [5.74, 6) is 0.757. The first-order valence-corrected chi connectivity index (χ1v) is 20.4. The van der Waals surface area contributed by atoms with E-state index in [1.807, 2.05) is 13.8 Å². The molecule has 0 aliphatic carbocycles. The summed E-state index contributed by atoms with van der Waals surface area (Å²) in [5.41, 5.74) is 4.80. The summed E-state index contributed by atoms with van der Waals surface area (Å²) in [6, 6.07) is 0.496. The fourth-order valence-corrected chi connectivity index (χ4v) is 8.82. The molecular weight excluding hydrogens is 679 g/mol. The first kappa shape index (κ1) is 46.0. The Kier molecular flexibility index (Phi) is 18.1. The van der Waals surface area contributed by atoms with Crippen LogP contribution in [0.15, 0.2) is 12.1 Å². The van der Waals surface area contributed by atoms with Crippen LogP contribution < -0.4 is 20.5 Å². The summed E-state index contributed by atoms with van der Waals surface area (Å²) in [6.07, 6.45) is 2.99. The van der Waals surface area contributed by atoms with Crippen molar-refractivity contribution in [3.63, 3.8) is 0 Å². The molecule has 1 aromatic rings. The van der Waals surface area contributed by atoms with E-state index in [4.69, 9.17) is 24.7 Å². The summed E-state index contributed by atoms with van der Waals surface area (Å²) in [6.45, 7) is 30.5. The number of carbonyl (C=O) groups is 2. The Hall–Kier alpha value is -2.36. The fourth-order valence-electron chi connectivity index (χ4n) is 8.82. The highest BCUT2D eigenvalue weighted by Crippen LogP contribution is 2.48. The molecule has 0 radical (unpaired) electrons. The summed E-state index contributed by atoms with van der Waals surface area (Å²) in [5, 5.41) is 3.09. The van der Waals surface area contributed by atoms with Gasteiger partial charge < -0.3 is 34.9 Å². The van der Waals surface area contributed by atoms with Gasteiger partial charge in [-0.1, -0.05) is 81.2 Å². The van der Waals surface area contributed by atoms with E-state index in [0.29, 0.717) is 73.7 Å². The maximum absolute atomic E-state index is 14.2. The van der Waals surface area contributed by atoms with E-state index in [2.05, 4.69) is 93.5 Å². The zero-order valence-electron chi connectivity index (χ0n) is 39.8. The lowest BCUT2D eigenvalue weighted by Crippen LogP contribution is -2.57. The minimum atomic E-state index is -0.885. The number of rotatable bonds is 26. The highest BCUT2D eigenvalue weighted by molar-refractivity contribution is 5.83. The van der Waals surface area contributed by atoms with Crippen molar-refractivity contribution < 1.29 is 31.3 Å². The lowest BCUT2D eigenvalue weighted by molar-refractivity contribution is -0.133. The van der Waals surface area contributed by atoms with Crippen molar-refractivity contribution >= 4 is 11.8 Å². The molecule has 3 N–H and O–H groups in total. The standard InChI is InChI=1S/C45H83N3O6/c1-19-34(30(4)5)35(40(49)47-27-43(11,12)41(46)50)24-38(52-18)45(14,48(15)16)26-44(13,36(20-2)31(6)7)25-33-22-32(8)39(53-21-3)37(23-33)54-29-42(9,10)28-51-17/h22-23,30-31,34-36,38H,19-21,24-29H2,1-18H3,(H2,46,50)(H,47,49)/t34?,35-,36?,38-,44-,45-/m0/s1/i22D,23D. The van der Waals surface area contributed by atoms with Crippen molar-refractivity contribution in [1.29, 1.82) is 0 Å². The number of hydrogen-bond acceptors (Lipinski definition) is 7. The van der Waals surface area contributed by atoms with Gasteiger partial charge in [0.15, 0.2) is 11.5 Å². The number of nitrogens with two attached hydrogens (primary N) is 1. The average Bonchev–Trinajstić information content (AvgIpc) is 3.09. The van der Waals surface area contributed by atoms with Gasteiger partial charge in [-0.3, -0.25) is 9.59 Å². The number of benzene rings is 1. The third-order valence-electron chi connectivity index (χ3n) is 12.1. The van der Waals surface area contributed by atoms with Crippen LogP contribution in [0.5, 0.6) is 11.5 Å². The number of carbonyl (C=O) groups excluding carboxylic acids is 2. The number of methoxy groups -OCH3 is 2. The zero-order chi connectivity index (χ0) is 43.6. The number of likely N-dealkylation sites (N-methyl/N-ethyl adjacent to an activating group) is 1. The van der Waals surface area contributed by atoms with E-state index in [1.165, 1.54) is 0 Å². The van der Waals surface area contributed by atoms with Gasteiger partial charge in [0.25, 0.3) is 0 Å². The van der Waals surface area contributed by atoms with Crippen LogP contribution >= 0.6 is 0 Å². The number of nitrogens with one attached hydrogen (secondary N) is 1. The summed E-state index contributed by atoms with van der Waals surface area (Å²) < 4.78 is 43.6. The quantitative estimate of drug-likeness (QED) is 0.0971. The van der Waals surface area contributed by atoms with Crippen LogP contribution in [0, 0.1) is 52.8 Å². The lowest BCUT2D eigenvalue weighted by Gasteiger charge is -2.51. The van der Waals surface area contributed by atoms with Crippen LogP contribution in [0.4, 0.5) is 0 Å². The van der Waals surface area contributed by atoms with Crippen LogP contribution in [-0.2, 0) is 25.5 Å². The van der Waals surface area contributed by atoms with Gasteiger partial charge >= 0.3 is 0 Å². The first-order valence-electron chi connectivity index (χ1n) is 21.4. The molecule has 0 aromatic heterocycles. The second-order valence-electron chi connectivity index (χ2n) is 18.7. The molecule has 0 heterocycles. The molecule has 6 atom stereocenters. The molecule has 9 heteroatoms. The number of ether oxygens (including phenoxy) is 4. The molecule has 314 valence electrons. The van der Waals surface area contributed by atoms with Gasteiger partial charge in [-0.25, -0.2) is 0 Å². The Balaban J connectivity index is 3.99. The second kappa shape index (κ2) is 21.2. The van der Waals surface area contributed by atoms with E-state index >= 15 is 0 Å². The van der Waals surface area contributed by atoms with Crippen molar-refractivity contribution in [1.82, 2.24) is 10.2 Å². The average molecular weight is 764 g/mol. The van der Waals surface area contributed by atoms with Gasteiger partial charge in [0.2, 0.25) is 11.8 Å². The smallest absolute Gasteiger partial charge is 0.224 e. The van der Waals surface area contributed by atoms with Crippen LogP contribution in [0.25, 0.3) is 0 Å². The Morgan fingerprint density at radius 2 is 1.54 bits per heavy atom. The normalized spacial score (nSPS) is 17.6. The van der Waals surface area contributed by atoms with Crippen molar-refractivity contribution in [2.45, 2.75) is 141 Å². The molecule has 1 aromatic carbocycles. The van der Waals surface area contributed by atoms with Crippen molar-refractivity contribution in [3.05, 3.63) is 23.2 Å². The van der Waals surface area contributed by atoms with Gasteiger partial charge in [-0.05, 0) is 114 Å². The lowest BCUT2D eigenvalue weighted by atomic mass is 9.60. The Labute approximate surface area is 334 Å². The van der Waals surface area contributed by atoms with Crippen LogP contribution in [0.3, 0.4) is 0 Å². The predicted molar refractivity (Wildman–Crippen MR) is 224 cm³/mol. The third-order valence-corrected chi connectivity index (χ3v) is 12.1. The minimum absolute atomic E-state index is 0.0806. The van der Waals surface area contributed by atoms with Gasteiger partial charge in [0.1, 0.15) is 0 Å². The van der Waals surface area contributed by atoms with E-state index in [0.717, 1.165) is 12.8 Å². The third kappa shape index (κ3) is 13.4. The Morgan fingerprint density at radius 3 is 1.98 bits per heavy atom. The van der Waals surface area contributed by atoms with Crippen molar-refractivity contribution in [2.75, 3.05) is 54.7 Å². The molecular formula is C45H83N3O6. The molecule has 0 aliphatic rings. The molecule has 0 saturated carbocycles. The first-order chi connectivity index (χ1) is 25.7. The van der Waals surface area contributed by atoms with Crippen molar-refractivity contribution in [2.24, 2.45) is 51.6 Å². The zero-order valence-corrected chi connectivity index (χ0v) is 37.8. The molecule has 0 bridgehead atoms. The van der Waals surface area contributed by atoms with Crippen LogP contribution in [0.1, 0.15) is 130 Å². The Morgan fingerprint density at radius 1 is 0.926 bits per heavy atom. The molecule has 2 unspecified atom stereocenters. The van der Waals surface area contributed by atoms with Gasteiger partial charge in [0.05, 0.1) is 34.1 Å². The molecule has 0 saturated heterocycles. The highest BCUT2D eigenvalue weighted by atomic mass is 16.5. The number of amides is 2. The largest absolute Gasteiger partial charge is 0.490 e. The molecule has 0 spiro atoms.